The average Bonchev–Trinajstić information content (AvgIpc) is 3.65. The molecular weight excluding hydrogens is 508 g/mol. The van der Waals surface area contributed by atoms with Gasteiger partial charge in [0.15, 0.2) is 11.4 Å². The number of carbonyl (C=O) groups is 1. The largest absolute Gasteiger partial charge is 0.380 e. The monoisotopic (exact) mass is 536 g/mol. The predicted octanol–water partition coefficient (Wildman–Crippen LogP) is 5.86. The van der Waals surface area contributed by atoms with Gasteiger partial charge in [-0.3, -0.25) is 19.9 Å². The minimum Gasteiger partial charge on any atom is -0.380 e. The Balaban J connectivity index is 1.37. The molecule has 0 radical (unpaired) electrons. The Kier molecular flexibility index (Phi) is 6.41. The van der Waals surface area contributed by atoms with Gasteiger partial charge in [-0.1, -0.05) is 0 Å². The first-order valence-electron chi connectivity index (χ1n) is 12.7. The lowest BCUT2D eigenvalue weighted by molar-refractivity contribution is 0.102. The molecule has 0 spiro atoms. The van der Waals surface area contributed by atoms with Gasteiger partial charge in [-0.2, -0.15) is 5.10 Å². The van der Waals surface area contributed by atoms with Crippen molar-refractivity contribution in [1.29, 1.82) is 0 Å². The number of hydrogen-bond donors (Lipinski definition) is 3. The van der Waals surface area contributed by atoms with E-state index in [4.69, 9.17) is 0 Å². The number of nitrogens with zero attached hydrogens (tertiary/aromatic N) is 5. The van der Waals surface area contributed by atoms with Crippen LogP contribution in [0.2, 0.25) is 0 Å². The number of carbonyl (C=O) groups excluding carboxylic acids is 1. The lowest BCUT2D eigenvalue weighted by Crippen LogP contribution is -2.29. The van der Waals surface area contributed by atoms with Gasteiger partial charge >= 0.3 is 0 Å². The number of pyridine rings is 3. The number of likely N-dealkylation sites (N-methyl/N-ethyl adjacent to an activating group) is 1. The smallest absolute Gasteiger partial charge is 0.181 e. The normalized spacial score (nSPS) is 12.4. The van der Waals surface area contributed by atoms with Crippen molar-refractivity contribution < 1.29 is 4.79 Å². The third kappa shape index (κ3) is 4.91. The van der Waals surface area contributed by atoms with E-state index in [0.717, 1.165) is 66.5 Å². The van der Waals surface area contributed by atoms with Crippen LogP contribution < -0.4 is 5.32 Å². The van der Waals surface area contributed by atoms with Crippen molar-refractivity contribution >= 4 is 44.7 Å². The maximum Gasteiger partial charge on any atom is 0.181 e. The summed E-state index contributed by atoms with van der Waals surface area (Å²) in [7, 11) is 4.13. The van der Waals surface area contributed by atoms with E-state index in [0.29, 0.717) is 5.65 Å². The van der Waals surface area contributed by atoms with Gasteiger partial charge in [0.2, 0.25) is 0 Å². The van der Waals surface area contributed by atoms with Crippen molar-refractivity contribution in [3.63, 3.8) is 0 Å². The van der Waals surface area contributed by atoms with Gasteiger partial charge in [-0.25, -0.2) is 4.98 Å². The molecule has 0 aliphatic carbocycles. The number of thiophene rings is 1. The summed E-state index contributed by atoms with van der Waals surface area (Å²) in [6.45, 7) is 4.65. The number of hydrogen-bond acceptors (Lipinski definition) is 8. The number of aromatic nitrogens is 6. The molecule has 0 amide bonds. The van der Waals surface area contributed by atoms with Crippen LogP contribution in [0.15, 0.2) is 61.2 Å². The van der Waals surface area contributed by atoms with Gasteiger partial charge in [0.25, 0.3) is 0 Å². The maximum atomic E-state index is 11.8. The molecule has 39 heavy (non-hydrogen) atoms. The Morgan fingerprint density at radius 3 is 2.69 bits per heavy atom. The first-order valence-corrected chi connectivity index (χ1v) is 13.5. The Morgan fingerprint density at radius 1 is 1.05 bits per heavy atom. The molecule has 1 atom stereocenters. The molecule has 10 heteroatoms. The van der Waals surface area contributed by atoms with Crippen LogP contribution in [0, 0.1) is 0 Å². The summed E-state index contributed by atoms with van der Waals surface area (Å²) in [4.78, 5) is 32.9. The van der Waals surface area contributed by atoms with Crippen LogP contribution in [0.25, 0.3) is 55.0 Å². The Morgan fingerprint density at radius 2 is 1.90 bits per heavy atom. The molecule has 1 unspecified atom stereocenters. The van der Waals surface area contributed by atoms with E-state index in [-0.39, 0.29) is 11.8 Å². The van der Waals surface area contributed by atoms with E-state index in [1.807, 2.05) is 36.8 Å². The molecule has 9 nitrogen and oxygen atoms in total. The van der Waals surface area contributed by atoms with E-state index >= 15 is 0 Å². The fourth-order valence-electron chi connectivity index (χ4n) is 4.86. The van der Waals surface area contributed by atoms with Crippen LogP contribution in [0.5, 0.6) is 0 Å². The van der Waals surface area contributed by atoms with E-state index in [1.54, 1.807) is 13.1 Å². The Bertz CT molecular complexity index is 1810. The molecule has 0 aliphatic heterocycles. The molecule has 6 aromatic rings. The van der Waals surface area contributed by atoms with Crippen molar-refractivity contribution in [2.75, 3.05) is 26.0 Å². The van der Waals surface area contributed by atoms with Crippen LogP contribution in [-0.4, -0.2) is 67.5 Å². The molecule has 6 heterocycles. The maximum absolute atomic E-state index is 11.8. The van der Waals surface area contributed by atoms with Crippen molar-refractivity contribution in [1.82, 2.24) is 35.0 Å². The average molecular weight is 537 g/mol. The summed E-state index contributed by atoms with van der Waals surface area (Å²) in [5, 5.41) is 13.0. The highest BCUT2D eigenvalue weighted by Gasteiger charge is 2.17. The number of ketones is 1. The zero-order valence-electron chi connectivity index (χ0n) is 22.1. The highest BCUT2D eigenvalue weighted by molar-refractivity contribution is 7.17. The third-order valence-electron chi connectivity index (χ3n) is 6.54. The summed E-state index contributed by atoms with van der Waals surface area (Å²) in [6, 6.07) is 12.3. The predicted molar refractivity (Wildman–Crippen MR) is 157 cm³/mol. The van der Waals surface area contributed by atoms with Crippen molar-refractivity contribution in [3.8, 4) is 33.1 Å². The zero-order chi connectivity index (χ0) is 27.1. The van der Waals surface area contributed by atoms with Gasteiger partial charge in [0.05, 0.1) is 32.5 Å². The standard InChI is InChI=1S/C29H28N8OS/c1-16(15-37(3)4)33-20-9-18(12-30-14-20)19-10-22-27(35-36-29(22)32-13-19)24-11-21-23(34-24)7-8-31-28(21)26-6-5-25(39-26)17(2)38/h5-14,16,33-34H,15H2,1-4H3,(H,32,35,36). The topological polar surface area (TPSA) is 115 Å². The number of Topliss-reactive ketones (excluding diaryl/α,β-unsaturated/α-hetero) is 1. The Hall–Kier alpha value is -4.41. The van der Waals surface area contributed by atoms with Crippen LogP contribution in [0.1, 0.15) is 23.5 Å². The lowest BCUT2D eigenvalue weighted by atomic mass is 10.1. The molecule has 6 rings (SSSR count). The van der Waals surface area contributed by atoms with E-state index in [9.17, 15) is 4.79 Å². The second kappa shape index (κ2) is 10.0. The van der Waals surface area contributed by atoms with E-state index in [1.165, 1.54) is 11.3 Å². The number of anilines is 1. The molecule has 0 saturated heterocycles. The lowest BCUT2D eigenvalue weighted by Gasteiger charge is -2.19. The first kappa shape index (κ1) is 24.9. The molecule has 0 fully saturated rings. The second-order valence-corrected chi connectivity index (χ2v) is 11.1. The zero-order valence-corrected chi connectivity index (χ0v) is 22.9. The summed E-state index contributed by atoms with van der Waals surface area (Å²) < 4.78 is 0. The fraction of sp³-hybridized carbons (Fsp3) is 0.207. The number of aromatic amines is 2. The molecule has 196 valence electrons. The molecule has 0 aromatic carbocycles. The van der Waals surface area contributed by atoms with E-state index in [2.05, 4.69) is 79.6 Å². The molecule has 6 aromatic heterocycles. The molecule has 0 aliphatic rings. The van der Waals surface area contributed by atoms with E-state index < -0.39 is 0 Å². The summed E-state index contributed by atoms with van der Waals surface area (Å²) in [5.41, 5.74) is 7.05. The SMILES string of the molecule is CC(=O)c1ccc(-c2nccc3[nH]c(-c4[nH]nc5ncc(-c6cncc(NC(C)CN(C)C)c6)cc45)cc23)s1. The highest BCUT2D eigenvalue weighted by Crippen LogP contribution is 2.36. The number of nitrogens with one attached hydrogen (secondary N) is 3. The number of fused-ring (bicyclic) bond motifs is 2. The van der Waals surface area contributed by atoms with Gasteiger partial charge in [0.1, 0.15) is 0 Å². The molecule has 0 saturated carbocycles. The second-order valence-electron chi connectivity index (χ2n) is 9.99. The first-order chi connectivity index (χ1) is 18.9. The quantitative estimate of drug-likeness (QED) is 0.209. The van der Waals surface area contributed by atoms with Crippen molar-refractivity contribution in [3.05, 3.63) is 66.1 Å². The van der Waals surface area contributed by atoms with Gasteiger partial charge in [0, 0.05) is 64.8 Å². The van der Waals surface area contributed by atoms with Crippen LogP contribution in [0.3, 0.4) is 0 Å². The minimum absolute atomic E-state index is 0.0556. The summed E-state index contributed by atoms with van der Waals surface area (Å²) in [5.74, 6) is 0.0556. The molecule has 0 bridgehead atoms. The van der Waals surface area contributed by atoms with Gasteiger partial charge in [-0.15, -0.1) is 11.3 Å². The summed E-state index contributed by atoms with van der Waals surface area (Å²) >= 11 is 1.46. The highest BCUT2D eigenvalue weighted by atomic mass is 32.1. The summed E-state index contributed by atoms with van der Waals surface area (Å²) in [6.07, 6.45) is 7.30. The van der Waals surface area contributed by atoms with Crippen LogP contribution >= 0.6 is 11.3 Å². The van der Waals surface area contributed by atoms with Crippen molar-refractivity contribution in [2.45, 2.75) is 19.9 Å². The van der Waals surface area contributed by atoms with Gasteiger partial charge in [-0.05, 0) is 64.3 Å². The Labute approximate surface area is 229 Å². The molecular formula is C29H28N8OS. The fourth-order valence-corrected chi connectivity index (χ4v) is 5.77. The number of rotatable bonds is 8. The van der Waals surface area contributed by atoms with Crippen molar-refractivity contribution in [2.24, 2.45) is 0 Å². The molecule has 3 N–H and O–H groups in total. The van der Waals surface area contributed by atoms with Crippen LogP contribution in [-0.2, 0) is 0 Å². The minimum atomic E-state index is 0.0556. The van der Waals surface area contributed by atoms with Crippen LogP contribution in [0.4, 0.5) is 5.69 Å². The number of H-pyrrole nitrogens is 2. The third-order valence-corrected chi connectivity index (χ3v) is 7.73. The van der Waals surface area contributed by atoms with Gasteiger partial charge < -0.3 is 15.2 Å².